The molecule has 0 heterocycles. The number of halogens is 1. The first-order valence-electron chi connectivity index (χ1n) is 8.44. The third kappa shape index (κ3) is 5.95. The minimum absolute atomic E-state index is 0.162. The third-order valence-corrected chi connectivity index (χ3v) is 5.57. The van der Waals surface area contributed by atoms with E-state index in [1.807, 2.05) is 12.1 Å². The van der Waals surface area contributed by atoms with Crippen LogP contribution in [0.25, 0.3) is 0 Å². The molecule has 2 aromatic rings. The summed E-state index contributed by atoms with van der Waals surface area (Å²) in [6.07, 6.45) is 0. The van der Waals surface area contributed by atoms with Gasteiger partial charge in [0.15, 0.2) is 9.84 Å². The number of rotatable bonds is 7. The normalized spacial score (nSPS) is 11.6. The molecule has 0 aromatic heterocycles. The van der Waals surface area contributed by atoms with Gasteiger partial charge in [-0.05, 0) is 34.7 Å². The van der Waals surface area contributed by atoms with Gasteiger partial charge in [-0.1, -0.05) is 50.2 Å². The molecule has 26 heavy (non-hydrogen) atoms. The molecule has 0 fully saturated rings. The third-order valence-electron chi connectivity index (χ3n) is 4.11. The number of hydrogen-bond acceptors (Lipinski definition) is 3. The molecule has 0 saturated carbocycles. The summed E-state index contributed by atoms with van der Waals surface area (Å²) in [5.41, 5.74) is 2.41. The Morgan fingerprint density at radius 1 is 1.08 bits per heavy atom. The molecule has 1 amide bonds. The molecule has 0 atom stereocenters. The van der Waals surface area contributed by atoms with E-state index in [0.717, 1.165) is 5.56 Å². The van der Waals surface area contributed by atoms with E-state index in [1.54, 1.807) is 24.3 Å². The quantitative estimate of drug-likeness (QED) is 0.742. The number of amides is 1. The van der Waals surface area contributed by atoms with Crippen molar-refractivity contribution in [1.29, 1.82) is 0 Å². The van der Waals surface area contributed by atoms with E-state index < -0.39 is 21.5 Å². The summed E-state index contributed by atoms with van der Waals surface area (Å²) in [6, 6.07) is 13.3. The van der Waals surface area contributed by atoms with Crippen molar-refractivity contribution in [3.05, 3.63) is 71.0 Å². The summed E-state index contributed by atoms with van der Waals surface area (Å²) < 4.78 is 37.9. The number of nitrogens with zero attached hydrogens (tertiary/aromatic N) is 1. The molecule has 0 unspecified atom stereocenters. The Morgan fingerprint density at radius 2 is 1.73 bits per heavy atom. The molecular formula is C20H24FNO3S. The number of benzene rings is 2. The molecule has 140 valence electrons. The number of carbonyl (C=O) groups is 1. The van der Waals surface area contributed by atoms with Crippen LogP contribution in [-0.4, -0.2) is 32.0 Å². The molecule has 0 aliphatic carbocycles. The van der Waals surface area contributed by atoms with Gasteiger partial charge in [0.2, 0.25) is 5.91 Å². The van der Waals surface area contributed by atoms with Crippen molar-refractivity contribution in [2.75, 3.05) is 12.8 Å². The van der Waals surface area contributed by atoms with Gasteiger partial charge in [0, 0.05) is 13.6 Å². The van der Waals surface area contributed by atoms with E-state index in [0.29, 0.717) is 17.0 Å². The van der Waals surface area contributed by atoms with Crippen molar-refractivity contribution in [2.24, 2.45) is 0 Å². The average molecular weight is 377 g/mol. The molecule has 2 aromatic carbocycles. The highest BCUT2D eigenvalue weighted by Crippen LogP contribution is 2.16. The Hall–Kier alpha value is -2.21. The van der Waals surface area contributed by atoms with E-state index in [1.165, 1.54) is 24.1 Å². The van der Waals surface area contributed by atoms with E-state index in [-0.39, 0.29) is 18.1 Å². The zero-order chi connectivity index (χ0) is 19.3. The highest BCUT2D eigenvalue weighted by Gasteiger charge is 2.20. The molecule has 2 rings (SSSR count). The summed E-state index contributed by atoms with van der Waals surface area (Å²) in [7, 11) is -2.06. The lowest BCUT2D eigenvalue weighted by atomic mass is 10.0. The van der Waals surface area contributed by atoms with Crippen LogP contribution in [0.2, 0.25) is 0 Å². The minimum Gasteiger partial charge on any atom is -0.341 e. The first-order chi connectivity index (χ1) is 12.2. The first kappa shape index (κ1) is 20.1. The van der Waals surface area contributed by atoms with Crippen molar-refractivity contribution < 1.29 is 17.6 Å². The maximum Gasteiger partial charge on any atom is 0.237 e. The first-order valence-corrected chi connectivity index (χ1v) is 10.3. The van der Waals surface area contributed by atoms with Crippen LogP contribution in [-0.2, 0) is 26.9 Å². The van der Waals surface area contributed by atoms with E-state index in [4.69, 9.17) is 0 Å². The minimum atomic E-state index is -3.58. The predicted molar refractivity (Wildman–Crippen MR) is 101 cm³/mol. The highest BCUT2D eigenvalue weighted by molar-refractivity contribution is 7.91. The fraction of sp³-hybridized carbons (Fsp3) is 0.350. The zero-order valence-electron chi connectivity index (χ0n) is 15.3. The molecular weight excluding hydrogens is 353 g/mol. The lowest BCUT2D eigenvalue weighted by molar-refractivity contribution is -0.127. The van der Waals surface area contributed by atoms with Crippen LogP contribution in [0.1, 0.15) is 36.5 Å². The molecule has 0 N–H and O–H groups in total. The zero-order valence-corrected chi connectivity index (χ0v) is 16.1. The average Bonchev–Trinajstić information content (AvgIpc) is 2.54. The van der Waals surface area contributed by atoms with Gasteiger partial charge in [0.1, 0.15) is 11.6 Å². The second-order valence-electron chi connectivity index (χ2n) is 6.81. The van der Waals surface area contributed by atoms with Gasteiger partial charge in [-0.15, -0.1) is 0 Å². The second kappa shape index (κ2) is 8.45. The van der Waals surface area contributed by atoms with Gasteiger partial charge >= 0.3 is 0 Å². The largest absolute Gasteiger partial charge is 0.341 e. The number of sulfone groups is 1. The number of carbonyl (C=O) groups excluding carboxylic acids is 1. The van der Waals surface area contributed by atoms with Crippen LogP contribution in [0.3, 0.4) is 0 Å². The molecule has 0 aliphatic rings. The van der Waals surface area contributed by atoms with Crippen molar-refractivity contribution in [2.45, 2.75) is 32.1 Å². The summed E-state index contributed by atoms with van der Waals surface area (Å²) in [4.78, 5) is 13.5. The van der Waals surface area contributed by atoms with Crippen molar-refractivity contribution >= 4 is 15.7 Å². The van der Waals surface area contributed by atoms with E-state index >= 15 is 0 Å². The van der Waals surface area contributed by atoms with Gasteiger partial charge in [0.05, 0.1) is 5.75 Å². The Bertz CT molecular complexity index is 861. The lowest BCUT2D eigenvalue weighted by Gasteiger charge is -2.17. The summed E-state index contributed by atoms with van der Waals surface area (Å²) in [5.74, 6) is -1.26. The Labute approximate surface area is 154 Å². The van der Waals surface area contributed by atoms with Crippen LogP contribution >= 0.6 is 0 Å². The second-order valence-corrected chi connectivity index (χ2v) is 8.87. The predicted octanol–water partition coefficient (Wildman–Crippen LogP) is 3.52. The fourth-order valence-corrected chi connectivity index (χ4v) is 4.00. The van der Waals surface area contributed by atoms with Gasteiger partial charge in [0.25, 0.3) is 0 Å². The van der Waals surface area contributed by atoms with Crippen LogP contribution < -0.4 is 0 Å². The Balaban J connectivity index is 1.97. The van der Waals surface area contributed by atoms with Crippen molar-refractivity contribution in [3.8, 4) is 0 Å². The topological polar surface area (TPSA) is 54.5 Å². The molecule has 0 spiro atoms. The van der Waals surface area contributed by atoms with Gasteiger partial charge in [-0.3, -0.25) is 4.79 Å². The highest BCUT2D eigenvalue weighted by atomic mass is 32.2. The molecule has 0 saturated heterocycles. The monoisotopic (exact) mass is 377 g/mol. The Morgan fingerprint density at radius 3 is 2.31 bits per heavy atom. The molecule has 0 bridgehead atoms. The molecule has 6 heteroatoms. The SMILES string of the molecule is CC(C)c1ccc(CS(=O)(=O)CC(=O)N(C)Cc2cccc(F)c2)cc1. The van der Waals surface area contributed by atoms with Crippen LogP contribution in [0.15, 0.2) is 48.5 Å². The summed E-state index contributed by atoms with van der Waals surface area (Å²) in [5, 5.41) is 0. The van der Waals surface area contributed by atoms with Crippen LogP contribution in [0.5, 0.6) is 0 Å². The van der Waals surface area contributed by atoms with Gasteiger partial charge < -0.3 is 4.90 Å². The van der Waals surface area contributed by atoms with Crippen LogP contribution in [0, 0.1) is 5.82 Å². The fourth-order valence-electron chi connectivity index (χ4n) is 2.60. The maximum absolute atomic E-state index is 13.2. The standard InChI is InChI=1S/C20H24FNO3S/c1-15(2)18-9-7-16(8-10-18)13-26(24,25)14-20(23)22(3)12-17-5-4-6-19(21)11-17/h4-11,15H,12-14H2,1-3H3. The van der Waals surface area contributed by atoms with Crippen molar-refractivity contribution in [1.82, 2.24) is 4.90 Å². The Kier molecular flexibility index (Phi) is 6.53. The molecule has 0 radical (unpaired) electrons. The van der Waals surface area contributed by atoms with E-state index in [2.05, 4.69) is 13.8 Å². The summed E-state index contributed by atoms with van der Waals surface area (Å²) in [6.45, 7) is 4.30. The lowest BCUT2D eigenvalue weighted by Crippen LogP contribution is -2.32. The van der Waals surface area contributed by atoms with Crippen molar-refractivity contribution in [3.63, 3.8) is 0 Å². The summed E-state index contributed by atoms with van der Waals surface area (Å²) >= 11 is 0. The molecule has 4 nitrogen and oxygen atoms in total. The smallest absolute Gasteiger partial charge is 0.237 e. The molecule has 0 aliphatic heterocycles. The van der Waals surface area contributed by atoms with Crippen LogP contribution in [0.4, 0.5) is 4.39 Å². The van der Waals surface area contributed by atoms with E-state index in [9.17, 15) is 17.6 Å². The number of hydrogen-bond donors (Lipinski definition) is 0. The van der Waals surface area contributed by atoms with Gasteiger partial charge in [-0.2, -0.15) is 0 Å². The maximum atomic E-state index is 13.2. The van der Waals surface area contributed by atoms with Gasteiger partial charge in [-0.25, -0.2) is 12.8 Å².